The van der Waals surface area contributed by atoms with Gasteiger partial charge in [0, 0.05) is 22.6 Å². The van der Waals surface area contributed by atoms with E-state index >= 15 is 0 Å². The minimum Gasteiger partial charge on any atom is -0.303 e. The predicted molar refractivity (Wildman–Crippen MR) is 68.3 cm³/mol. The number of thioether (sulfide) groups is 1. The molecule has 1 aliphatic rings. The van der Waals surface area contributed by atoms with E-state index < -0.39 is 0 Å². The Labute approximate surface area is 96.7 Å². The fourth-order valence-electron chi connectivity index (χ4n) is 2.03. The van der Waals surface area contributed by atoms with E-state index in [1.54, 1.807) is 0 Å². The lowest BCUT2D eigenvalue weighted by molar-refractivity contribution is 0.352. The zero-order valence-corrected chi connectivity index (χ0v) is 10.5. The van der Waals surface area contributed by atoms with Crippen LogP contribution in [0.5, 0.6) is 0 Å². The highest BCUT2D eigenvalue weighted by Gasteiger charge is 2.32. The van der Waals surface area contributed by atoms with Gasteiger partial charge in [-0.1, -0.05) is 37.3 Å². The third-order valence-corrected chi connectivity index (χ3v) is 4.57. The Morgan fingerprint density at radius 2 is 1.93 bits per heavy atom. The molecule has 1 aromatic rings. The summed E-state index contributed by atoms with van der Waals surface area (Å²) in [5.41, 5.74) is 1.66. The minimum absolute atomic E-state index is 0.248. The highest BCUT2D eigenvalue weighted by atomic mass is 32.2. The van der Waals surface area contributed by atoms with E-state index in [0.29, 0.717) is 11.3 Å². The molecule has 0 saturated carbocycles. The van der Waals surface area contributed by atoms with Gasteiger partial charge in [0.2, 0.25) is 0 Å². The Morgan fingerprint density at radius 3 is 2.60 bits per heavy atom. The van der Waals surface area contributed by atoms with Crippen molar-refractivity contribution in [3.8, 4) is 0 Å². The fraction of sp³-hybridized carbons (Fsp3) is 0.538. The van der Waals surface area contributed by atoms with E-state index in [-0.39, 0.29) is 5.54 Å². The maximum absolute atomic E-state index is 3.74. The summed E-state index contributed by atoms with van der Waals surface area (Å²) in [7, 11) is 0. The molecular weight excluding hydrogens is 202 g/mol. The first kappa shape index (κ1) is 11.0. The Morgan fingerprint density at radius 1 is 1.27 bits per heavy atom. The molecule has 0 radical (unpaired) electrons. The fourth-order valence-corrected chi connectivity index (χ4v) is 3.21. The van der Waals surface area contributed by atoms with Gasteiger partial charge in [0.25, 0.3) is 0 Å². The third-order valence-electron chi connectivity index (χ3n) is 2.88. The van der Waals surface area contributed by atoms with Crippen LogP contribution in [0.1, 0.15) is 32.4 Å². The first-order valence-corrected chi connectivity index (χ1v) is 6.58. The second-order valence-electron chi connectivity index (χ2n) is 4.93. The molecular formula is C13H19NS. The van der Waals surface area contributed by atoms with Crippen molar-refractivity contribution in [2.24, 2.45) is 0 Å². The minimum atomic E-state index is 0.248. The molecule has 1 saturated heterocycles. The summed E-state index contributed by atoms with van der Waals surface area (Å²) in [6.07, 6.45) is 0. The van der Waals surface area contributed by atoms with Crippen molar-refractivity contribution < 1.29 is 0 Å². The number of nitrogens with one attached hydrogen (secondary N) is 1. The van der Waals surface area contributed by atoms with Crippen LogP contribution in [0.25, 0.3) is 0 Å². The van der Waals surface area contributed by atoms with Crippen molar-refractivity contribution >= 4 is 11.8 Å². The van der Waals surface area contributed by atoms with Gasteiger partial charge in [-0.2, -0.15) is 11.8 Å². The first-order valence-electron chi connectivity index (χ1n) is 5.53. The SMILES string of the molecule is CC1SCC(C)(C)NC1c1ccccc1. The van der Waals surface area contributed by atoms with Gasteiger partial charge in [-0.25, -0.2) is 0 Å². The topological polar surface area (TPSA) is 12.0 Å². The van der Waals surface area contributed by atoms with E-state index in [4.69, 9.17) is 0 Å². The zero-order chi connectivity index (χ0) is 10.9. The lowest BCUT2D eigenvalue weighted by atomic mass is 9.99. The number of hydrogen-bond donors (Lipinski definition) is 1. The smallest absolute Gasteiger partial charge is 0.0442 e. The van der Waals surface area contributed by atoms with Gasteiger partial charge >= 0.3 is 0 Å². The maximum atomic E-state index is 3.74. The molecule has 1 N–H and O–H groups in total. The molecule has 2 heteroatoms. The van der Waals surface area contributed by atoms with Crippen LogP contribution in [0.3, 0.4) is 0 Å². The van der Waals surface area contributed by atoms with Crippen LogP contribution in [-0.2, 0) is 0 Å². The summed E-state index contributed by atoms with van der Waals surface area (Å²) in [6.45, 7) is 6.87. The van der Waals surface area contributed by atoms with Gasteiger partial charge in [0.15, 0.2) is 0 Å². The van der Waals surface area contributed by atoms with Crippen LogP contribution in [0.15, 0.2) is 30.3 Å². The van der Waals surface area contributed by atoms with Gasteiger partial charge in [0.05, 0.1) is 0 Å². The molecule has 82 valence electrons. The number of hydrogen-bond acceptors (Lipinski definition) is 2. The van der Waals surface area contributed by atoms with Gasteiger partial charge in [0.1, 0.15) is 0 Å². The van der Waals surface area contributed by atoms with Crippen molar-refractivity contribution in [1.82, 2.24) is 5.32 Å². The molecule has 1 aliphatic heterocycles. The number of rotatable bonds is 1. The van der Waals surface area contributed by atoms with Crippen molar-refractivity contribution in [3.05, 3.63) is 35.9 Å². The molecule has 0 spiro atoms. The molecule has 1 nitrogen and oxygen atoms in total. The van der Waals surface area contributed by atoms with Crippen LogP contribution in [0.2, 0.25) is 0 Å². The van der Waals surface area contributed by atoms with E-state index in [0.717, 1.165) is 0 Å². The normalized spacial score (nSPS) is 30.1. The van der Waals surface area contributed by atoms with Gasteiger partial charge in [-0.15, -0.1) is 0 Å². The Bertz CT molecular complexity index is 321. The molecule has 2 atom stereocenters. The van der Waals surface area contributed by atoms with Crippen LogP contribution in [-0.4, -0.2) is 16.5 Å². The zero-order valence-electron chi connectivity index (χ0n) is 9.66. The summed E-state index contributed by atoms with van der Waals surface area (Å²) in [4.78, 5) is 0. The van der Waals surface area contributed by atoms with Gasteiger partial charge in [-0.3, -0.25) is 0 Å². The quantitative estimate of drug-likeness (QED) is 0.781. The van der Waals surface area contributed by atoms with Crippen molar-refractivity contribution in [2.75, 3.05) is 5.75 Å². The molecule has 1 heterocycles. The van der Waals surface area contributed by atoms with Crippen molar-refractivity contribution in [1.29, 1.82) is 0 Å². The first-order chi connectivity index (χ1) is 7.08. The van der Waals surface area contributed by atoms with E-state index in [9.17, 15) is 0 Å². The molecule has 0 bridgehead atoms. The van der Waals surface area contributed by atoms with Crippen LogP contribution >= 0.6 is 11.8 Å². The molecule has 0 aromatic heterocycles. The third kappa shape index (κ3) is 2.56. The predicted octanol–water partition coefficient (Wildman–Crippen LogP) is 3.23. The summed E-state index contributed by atoms with van der Waals surface area (Å²) < 4.78 is 0. The molecule has 0 aliphatic carbocycles. The molecule has 15 heavy (non-hydrogen) atoms. The summed E-state index contributed by atoms with van der Waals surface area (Å²) in [6, 6.07) is 11.2. The highest BCUT2D eigenvalue weighted by Crippen LogP contribution is 2.35. The van der Waals surface area contributed by atoms with E-state index in [1.807, 2.05) is 0 Å². The molecule has 0 amide bonds. The van der Waals surface area contributed by atoms with Gasteiger partial charge < -0.3 is 5.32 Å². The highest BCUT2D eigenvalue weighted by molar-refractivity contribution is 8.00. The monoisotopic (exact) mass is 221 g/mol. The Balaban J connectivity index is 2.20. The average Bonchev–Trinajstić information content (AvgIpc) is 2.23. The van der Waals surface area contributed by atoms with Crippen molar-refractivity contribution in [3.63, 3.8) is 0 Å². The molecule has 2 unspecified atom stereocenters. The summed E-state index contributed by atoms with van der Waals surface area (Å²) in [5, 5.41) is 4.39. The van der Waals surface area contributed by atoms with Crippen molar-refractivity contribution in [2.45, 2.75) is 37.6 Å². The van der Waals surface area contributed by atoms with Crippen LogP contribution < -0.4 is 5.32 Å². The van der Waals surface area contributed by atoms with E-state index in [2.05, 4.69) is 68.2 Å². The second-order valence-corrected chi connectivity index (χ2v) is 6.30. The summed E-state index contributed by atoms with van der Waals surface area (Å²) in [5.74, 6) is 1.19. The Kier molecular flexibility index (Phi) is 3.08. The maximum Gasteiger partial charge on any atom is 0.0442 e. The molecule has 2 rings (SSSR count). The van der Waals surface area contributed by atoms with E-state index in [1.165, 1.54) is 11.3 Å². The molecule has 1 fully saturated rings. The largest absolute Gasteiger partial charge is 0.303 e. The lowest BCUT2D eigenvalue weighted by Crippen LogP contribution is -2.50. The number of benzene rings is 1. The second kappa shape index (κ2) is 4.18. The standard InChI is InChI=1S/C13H19NS/c1-10-12(11-7-5-4-6-8-11)14-13(2,3)9-15-10/h4-8,10,12,14H,9H2,1-3H3. The van der Waals surface area contributed by atoms with Crippen LogP contribution in [0, 0.1) is 0 Å². The lowest BCUT2D eigenvalue weighted by Gasteiger charge is -2.41. The van der Waals surface area contributed by atoms with Gasteiger partial charge in [-0.05, 0) is 19.4 Å². The van der Waals surface area contributed by atoms with Crippen LogP contribution in [0.4, 0.5) is 0 Å². The molecule has 1 aromatic carbocycles. The Hall–Kier alpha value is -0.470. The average molecular weight is 221 g/mol. The summed E-state index contributed by atoms with van der Waals surface area (Å²) >= 11 is 2.07.